The van der Waals surface area contributed by atoms with Crippen molar-refractivity contribution in [3.8, 4) is 11.5 Å². The van der Waals surface area contributed by atoms with E-state index >= 15 is 0 Å². The lowest BCUT2D eigenvalue weighted by Gasteiger charge is -2.20. The second-order valence-electron chi connectivity index (χ2n) is 5.10. The van der Waals surface area contributed by atoms with E-state index in [1.54, 1.807) is 7.11 Å². The number of methoxy groups -OCH3 is 1. The van der Waals surface area contributed by atoms with Gasteiger partial charge in [-0.2, -0.15) is 5.10 Å². The number of ether oxygens (including phenoxy) is 3. The van der Waals surface area contributed by atoms with Gasteiger partial charge in [0.15, 0.2) is 11.5 Å². The summed E-state index contributed by atoms with van der Waals surface area (Å²) in [6.07, 6.45) is 5.11. The van der Waals surface area contributed by atoms with E-state index in [0.29, 0.717) is 12.8 Å². The van der Waals surface area contributed by atoms with Crippen molar-refractivity contribution in [2.24, 2.45) is 5.10 Å². The van der Waals surface area contributed by atoms with Gasteiger partial charge in [0.05, 0.1) is 12.6 Å². The number of hydrogen-bond donors (Lipinski definition) is 0. The molecule has 1 fully saturated rings. The standard InChI is InChI=1S/C15H20N2O3/c1-18-10-13-3-2-8-17(13)16-7-6-12-4-5-14-15(9-12)20-11-19-14/h4-5,7,9,13H,2-3,6,8,10-11H2,1H3/b16-7+/t13-/m1/s1. The van der Waals surface area contributed by atoms with Gasteiger partial charge in [-0.15, -0.1) is 0 Å². The van der Waals surface area contributed by atoms with Crippen molar-refractivity contribution in [1.29, 1.82) is 0 Å². The SMILES string of the molecule is COC[C@H]1CCCN1/N=C/Cc1ccc2c(c1)OCO2. The van der Waals surface area contributed by atoms with Gasteiger partial charge in [-0.05, 0) is 30.5 Å². The van der Waals surface area contributed by atoms with Crippen molar-refractivity contribution >= 4 is 6.21 Å². The highest BCUT2D eigenvalue weighted by atomic mass is 16.7. The van der Waals surface area contributed by atoms with Crippen LogP contribution < -0.4 is 9.47 Å². The third-order valence-electron chi connectivity index (χ3n) is 3.70. The molecular weight excluding hydrogens is 256 g/mol. The van der Waals surface area contributed by atoms with Gasteiger partial charge in [0, 0.05) is 26.3 Å². The molecule has 0 amide bonds. The van der Waals surface area contributed by atoms with Gasteiger partial charge in [0.1, 0.15) is 0 Å². The van der Waals surface area contributed by atoms with E-state index in [1.807, 2.05) is 18.3 Å². The van der Waals surface area contributed by atoms with Crippen molar-refractivity contribution in [3.63, 3.8) is 0 Å². The van der Waals surface area contributed by atoms with Crippen LogP contribution in [-0.4, -0.2) is 44.3 Å². The molecule has 2 aliphatic rings. The third-order valence-corrected chi connectivity index (χ3v) is 3.70. The van der Waals surface area contributed by atoms with Crippen molar-refractivity contribution in [1.82, 2.24) is 5.01 Å². The van der Waals surface area contributed by atoms with Crippen LogP contribution in [0.4, 0.5) is 0 Å². The van der Waals surface area contributed by atoms with E-state index in [-0.39, 0.29) is 0 Å². The molecule has 5 heteroatoms. The Kier molecular flexibility index (Phi) is 4.06. The van der Waals surface area contributed by atoms with Crippen molar-refractivity contribution in [2.45, 2.75) is 25.3 Å². The smallest absolute Gasteiger partial charge is 0.231 e. The van der Waals surface area contributed by atoms with Gasteiger partial charge >= 0.3 is 0 Å². The van der Waals surface area contributed by atoms with Gasteiger partial charge in [-0.25, -0.2) is 0 Å². The van der Waals surface area contributed by atoms with Crippen molar-refractivity contribution < 1.29 is 14.2 Å². The normalized spacial score (nSPS) is 21.1. The molecule has 0 spiro atoms. The summed E-state index contributed by atoms with van der Waals surface area (Å²) in [7, 11) is 1.74. The Morgan fingerprint density at radius 1 is 1.40 bits per heavy atom. The number of benzene rings is 1. The van der Waals surface area contributed by atoms with Crippen LogP contribution in [0.25, 0.3) is 0 Å². The number of nitrogens with zero attached hydrogens (tertiary/aromatic N) is 2. The Bertz CT molecular complexity index is 490. The van der Waals surface area contributed by atoms with Crippen LogP contribution in [0.3, 0.4) is 0 Å². The van der Waals surface area contributed by atoms with Crippen LogP contribution >= 0.6 is 0 Å². The fraction of sp³-hybridized carbons (Fsp3) is 0.533. The number of hydrogen-bond acceptors (Lipinski definition) is 5. The topological polar surface area (TPSA) is 43.3 Å². The number of hydrazone groups is 1. The molecule has 5 nitrogen and oxygen atoms in total. The molecule has 1 aromatic rings. The lowest BCUT2D eigenvalue weighted by molar-refractivity contribution is 0.118. The maximum atomic E-state index is 5.37. The second kappa shape index (κ2) is 6.13. The Hall–Kier alpha value is -1.75. The number of fused-ring (bicyclic) bond motifs is 1. The molecular formula is C15H20N2O3. The summed E-state index contributed by atoms with van der Waals surface area (Å²) in [4.78, 5) is 0. The summed E-state index contributed by atoms with van der Waals surface area (Å²) >= 11 is 0. The first-order valence-electron chi connectivity index (χ1n) is 7.03. The molecule has 108 valence electrons. The van der Waals surface area contributed by atoms with E-state index in [9.17, 15) is 0 Å². The van der Waals surface area contributed by atoms with E-state index in [4.69, 9.17) is 14.2 Å². The van der Waals surface area contributed by atoms with E-state index in [2.05, 4.69) is 16.2 Å². The van der Waals surface area contributed by atoms with Crippen LogP contribution in [0, 0.1) is 0 Å². The molecule has 1 aromatic carbocycles. The highest BCUT2D eigenvalue weighted by Gasteiger charge is 2.22. The summed E-state index contributed by atoms with van der Waals surface area (Å²) < 4.78 is 15.9. The molecule has 2 aliphatic heterocycles. The summed E-state index contributed by atoms with van der Waals surface area (Å²) in [5.74, 6) is 1.65. The molecule has 20 heavy (non-hydrogen) atoms. The van der Waals surface area contributed by atoms with Crippen LogP contribution in [0.2, 0.25) is 0 Å². The van der Waals surface area contributed by atoms with E-state index in [0.717, 1.165) is 37.5 Å². The molecule has 0 aromatic heterocycles. The molecule has 0 aliphatic carbocycles. The highest BCUT2D eigenvalue weighted by Crippen LogP contribution is 2.32. The first kappa shape index (κ1) is 13.2. The summed E-state index contributed by atoms with van der Waals surface area (Å²) in [6, 6.07) is 6.45. The third kappa shape index (κ3) is 2.88. The van der Waals surface area contributed by atoms with Crippen LogP contribution in [0.1, 0.15) is 18.4 Å². The zero-order chi connectivity index (χ0) is 13.8. The molecule has 2 heterocycles. The Balaban J connectivity index is 1.57. The molecule has 1 saturated heterocycles. The van der Waals surface area contributed by atoms with Crippen LogP contribution in [0.5, 0.6) is 11.5 Å². The van der Waals surface area contributed by atoms with Gasteiger partial charge in [0.25, 0.3) is 0 Å². The first-order valence-corrected chi connectivity index (χ1v) is 7.03. The highest BCUT2D eigenvalue weighted by molar-refractivity contribution is 5.62. The Labute approximate surface area is 119 Å². The largest absolute Gasteiger partial charge is 0.454 e. The zero-order valence-corrected chi connectivity index (χ0v) is 11.7. The van der Waals surface area contributed by atoms with Gasteiger partial charge < -0.3 is 14.2 Å². The Morgan fingerprint density at radius 3 is 3.20 bits per heavy atom. The van der Waals surface area contributed by atoms with Gasteiger partial charge in [-0.3, -0.25) is 5.01 Å². The fourth-order valence-electron chi connectivity index (χ4n) is 2.65. The average molecular weight is 276 g/mol. The maximum absolute atomic E-state index is 5.37. The summed E-state index contributed by atoms with van der Waals surface area (Å²) in [5, 5.41) is 6.70. The predicted molar refractivity (Wildman–Crippen MR) is 76.4 cm³/mol. The van der Waals surface area contributed by atoms with Crippen molar-refractivity contribution in [2.75, 3.05) is 27.1 Å². The Morgan fingerprint density at radius 2 is 2.30 bits per heavy atom. The summed E-state index contributed by atoms with van der Waals surface area (Å²) in [6.45, 7) is 2.09. The van der Waals surface area contributed by atoms with Gasteiger partial charge in [-0.1, -0.05) is 6.07 Å². The lowest BCUT2D eigenvalue weighted by atomic mass is 10.1. The minimum absolute atomic E-state index is 0.319. The van der Waals surface area contributed by atoms with Gasteiger partial charge in [0.2, 0.25) is 6.79 Å². The predicted octanol–water partition coefficient (Wildman–Crippen LogP) is 2.05. The van der Waals surface area contributed by atoms with Crippen LogP contribution in [-0.2, 0) is 11.2 Å². The lowest BCUT2D eigenvalue weighted by Crippen LogP contribution is -2.28. The average Bonchev–Trinajstić information content (AvgIpc) is 3.08. The number of rotatable bonds is 5. The van der Waals surface area contributed by atoms with Crippen molar-refractivity contribution in [3.05, 3.63) is 23.8 Å². The van der Waals surface area contributed by atoms with E-state index in [1.165, 1.54) is 12.0 Å². The van der Waals surface area contributed by atoms with E-state index < -0.39 is 0 Å². The monoisotopic (exact) mass is 276 g/mol. The molecule has 3 rings (SSSR count). The maximum Gasteiger partial charge on any atom is 0.231 e. The second-order valence-corrected chi connectivity index (χ2v) is 5.10. The zero-order valence-electron chi connectivity index (χ0n) is 11.7. The molecule has 0 radical (unpaired) electrons. The minimum Gasteiger partial charge on any atom is -0.454 e. The molecule has 0 N–H and O–H groups in total. The summed E-state index contributed by atoms with van der Waals surface area (Å²) in [5.41, 5.74) is 1.18. The van der Waals surface area contributed by atoms with Crippen LogP contribution in [0.15, 0.2) is 23.3 Å². The fourth-order valence-corrected chi connectivity index (χ4v) is 2.65. The molecule has 0 bridgehead atoms. The molecule has 1 atom stereocenters. The molecule has 0 unspecified atom stereocenters. The quantitative estimate of drug-likeness (QED) is 0.772. The first-order chi connectivity index (χ1) is 9.86. The molecule has 0 saturated carbocycles. The minimum atomic E-state index is 0.319.